The molecule has 18 heavy (non-hydrogen) atoms. The molecule has 0 amide bonds. The van der Waals surface area contributed by atoms with E-state index in [1.165, 1.54) is 12.1 Å². The maximum absolute atomic E-state index is 10.5. The molecular weight excluding hydrogens is 256 g/mol. The monoisotopic (exact) mass is 272 g/mol. The first-order valence-electron chi connectivity index (χ1n) is 5.76. The van der Waals surface area contributed by atoms with Gasteiger partial charge in [-0.1, -0.05) is 12.1 Å². The van der Waals surface area contributed by atoms with Crippen molar-refractivity contribution in [2.45, 2.75) is 18.9 Å². The first kappa shape index (κ1) is 14.9. The van der Waals surface area contributed by atoms with Crippen molar-refractivity contribution in [2.75, 3.05) is 13.2 Å². The lowest BCUT2D eigenvalue weighted by Gasteiger charge is -2.27. The van der Waals surface area contributed by atoms with Crippen LogP contribution < -0.4 is 5.73 Å². The zero-order chi connectivity index (χ0) is 12.3. The van der Waals surface area contributed by atoms with E-state index in [1.54, 1.807) is 12.1 Å². The normalized spacial score (nSPS) is 17.8. The molecule has 1 fully saturated rings. The zero-order valence-corrected chi connectivity index (χ0v) is 10.8. The standard InChI is InChI=1S/C12H16N2O3.ClH/c13-12(10-5-7-17-8-6-10)9-1-3-11(4-2-9)14(15)16;/h1-4,10,12H,5-8,13H2;1H/t12-;/m0./s1. The SMILES string of the molecule is Cl.N[C@@H](c1ccc([N+](=O)[O-])cc1)C1CCOCC1. The molecule has 1 heterocycles. The smallest absolute Gasteiger partial charge is 0.269 e. The third kappa shape index (κ3) is 3.41. The van der Waals surface area contributed by atoms with Crippen LogP contribution >= 0.6 is 12.4 Å². The summed E-state index contributed by atoms with van der Waals surface area (Å²) in [6, 6.07) is 6.46. The number of nitro groups is 1. The molecule has 1 aliphatic rings. The molecule has 2 N–H and O–H groups in total. The Morgan fingerprint density at radius 3 is 2.33 bits per heavy atom. The third-order valence-corrected chi connectivity index (χ3v) is 3.26. The Labute approximate surface area is 112 Å². The summed E-state index contributed by atoms with van der Waals surface area (Å²) >= 11 is 0. The van der Waals surface area contributed by atoms with Crippen molar-refractivity contribution >= 4 is 18.1 Å². The maximum Gasteiger partial charge on any atom is 0.269 e. The fraction of sp³-hybridized carbons (Fsp3) is 0.500. The van der Waals surface area contributed by atoms with Gasteiger partial charge >= 0.3 is 0 Å². The molecular formula is C12H17ClN2O3. The second-order valence-electron chi connectivity index (χ2n) is 4.32. The van der Waals surface area contributed by atoms with E-state index >= 15 is 0 Å². The number of nitro benzene ring substituents is 1. The summed E-state index contributed by atoms with van der Waals surface area (Å²) in [4.78, 5) is 10.1. The highest BCUT2D eigenvalue weighted by Crippen LogP contribution is 2.28. The molecule has 1 aromatic rings. The second-order valence-corrected chi connectivity index (χ2v) is 4.32. The summed E-state index contributed by atoms with van der Waals surface area (Å²) in [7, 11) is 0. The highest BCUT2D eigenvalue weighted by Gasteiger charge is 2.22. The van der Waals surface area contributed by atoms with Crippen molar-refractivity contribution in [3.63, 3.8) is 0 Å². The van der Waals surface area contributed by atoms with Gasteiger partial charge in [-0.05, 0) is 24.3 Å². The van der Waals surface area contributed by atoms with Gasteiger partial charge in [0.15, 0.2) is 0 Å². The van der Waals surface area contributed by atoms with Gasteiger partial charge in [0.25, 0.3) is 5.69 Å². The molecule has 100 valence electrons. The van der Waals surface area contributed by atoms with Crippen LogP contribution in [0.2, 0.25) is 0 Å². The van der Waals surface area contributed by atoms with Crippen molar-refractivity contribution in [1.29, 1.82) is 0 Å². The number of benzene rings is 1. The van der Waals surface area contributed by atoms with Crippen molar-refractivity contribution in [3.8, 4) is 0 Å². The Hall–Kier alpha value is -1.17. The molecule has 0 bridgehead atoms. The average Bonchev–Trinajstić information content (AvgIpc) is 2.39. The van der Waals surface area contributed by atoms with E-state index < -0.39 is 4.92 Å². The lowest BCUT2D eigenvalue weighted by Crippen LogP contribution is -2.27. The van der Waals surface area contributed by atoms with Crippen LogP contribution in [0.25, 0.3) is 0 Å². The molecule has 5 nitrogen and oxygen atoms in total. The summed E-state index contributed by atoms with van der Waals surface area (Å²) in [5.41, 5.74) is 7.24. The predicted octanol–water partition coefficient (Wildman–Crippen LogP) is 2.44. The quantitative estimate of drug-likeness (QED) is 0.677. The molecule has 1 aliphatic heterocycles. The Bertz CT molecular complexity index is 391. The lowest BCUT2D eigenvalue weighted by molar-refractivity contribution is -0.384. The number of halogens is 1. The van der Waals surface area contributed by atoms with Gasteiger partial charge < -0.3 is 10.5 Å². The predicted molar refractivity (Wildman–Crippen MR) is 70.8 cm³/mol. The second kappa shape index (κ2) is 6.68. The van der Waals surface area contributed by atoms with Gasteiger partial charge in [-0.15, -0.1) is 12.4 Å². The molecule has 0 aliphatic carbocycles. The van der Waals surface area contributed by atoms with Gasteiger partial charge in [0.2, 0.25) is 0 Å². The minimum Gasteiger partial charge on any atom is -0.381 e. The van der Waals surface area contributed by atoms with Crippen LogP contribution in [0.3, 0.4) is 0 Å². The summed E-state index contributed by atoms with van der Waals surface area (Å²) in [5, 5.41) is 10.5. The first-order valence-corrected chi connectivity index (χ1v) is 5.76. The molecule has 1 atom stereocenters. The van der Waals surface area contributed by atoms with Gasteiger partial charge in [0, 0.05) is 31.4 Å². The molecule has 0 saturated carbocycles. The molecule has 0 aromatic heterocycles. The highest BCUT2D eigenvalue weighted by atomic mass is 35.5. The number of rotatable bonds is 3. The Morgan fingerprint density at radius 1 is 1.28 bits per heavy atom. The Morgan fingerprint density at radius 2 is 1.83 bits per heavy atom. The summed E-state index contributed by atoms with van der Waals surface area (Å²) in [6.45, 7) is 1.51. The van der Waals surface area contributed by atoms with Gasteiger partial charge in [0.05, 0.1) is 4.92 Å². The largest absolute Gasteiger partial charge is 0.381 e. The van der Waals surface area contributed by atoms with E-state index in [0.717, 1.165) is 31.6 Å². The van der Waals surface area contributed by atoms with E-state index in [-0.39, 0.29) is 24.1 Å². The topological polar surface area (TPSA) is 78.4 Å². The van der Waals surface area contributed by atoms with E-state index in [1.807, 2.05) is 0 Å². The number of nitrogens with two attached hydrogens (primary N) is 1. The average molecular weight is 273 g/mol. The van der Waals surface area contributed by atoms with E-state index in [4.69, 9.17) is 10.5 Å². The number of hydrogen-bond donors (Lipinski definition) is 1. The zero-order valence-electron chi connectivity index (χ0n) is 9.95. The maximum atomic E-state index is 10.5. The highest BCUT2D eigenvalue weighted by molar-refractivity contribution is 5.85. The molecule has 0 unspecified atom stereocenters. The van der Waals surface area contributed by atoms with Gasteiger partial charge in [-0.3, -0.25) is 10.1 Å². The van der Waals surface area contributed by atoms with Crippen LogP contribution in [0, 0.1) is 16.0 Å². The third-order valence-electron chi connectivity index (χ3n) is 3.26. The van der Waals surface area contributed by atoms with Crippen LogP contribution in [0.1, 0.15) is 24.4 Å². The van der Waals surface area contributed by atoms with E-state index in [9.17, 15) is 10.1 Å². The summed E-state index contributed by atoms with van der Waals surface area (Å²) < 4.78 is 5.29. The fourth-order valence-electron chi connectivity index (χ4n) is 2.17. The number of non-ortho nitro benzene ring substituents is 1. The van der Waals surface area contributed by atoms with Gasteiger partial charge in [0.1, 0.15) is 0 Å². The van der Waals surface area contributed by atoms with Crippen molar-refractivity contribution in [2.24, 2.45) is 11.7 Å². The molecule has 1 saturated heterocycles. The minimum absolute atomic E-state index is 0. The van der Waals surface area contributed by atoms with E-state index in [0.29, 0.717) is 5.92 Å². The minimum atomic E-state index is -0.399. The van der Waals surface area contributed by atoms with E-state index in [2.05, 4.69) is 0 Å². The number of hydrogen-bond acceptors (Lipinski definition) is 4. The summed E-state index contributed by atoms with van der Waals surface area (Å²) in [6.07, 6.45) is 1.91. The van der Waals surface area contributed by atoms with Gasteiger partial charge in [-0.25, -0.2) is 0 Å². The van der Waals surface area contributed by atoms with Crippen LogP contribution in [-0.4, -0.2) is 18.1 Å². The van der Waals surface area contributed by atoms with Crippen molar-refractivity contribution in [3.05, 3.63) is 39.9 Å². The first-order chi connectivity index (χ1) is 8.18. The van der Waals surface area contributed by atoms with Crippen molar-refractivity contribution < 1.29 is 9.66 Å². The van der Waals surface area contributed by atoms with Crippen LogP contribution in [0.15, 0.2) is 24.3 Å². The van der Waals surface area contributed by atoms with Crippen molar-refractivity contribution in [1.82, 2.24) is 0 Å². The number of nitrogens with zero attached hydrogens (tertiary/aromatic N) is 1. The van der Waals surface area contributed by atoms with Gasteiger partial charge in [-0.2, -0.15) is 0 Å². The Kier molecular flexibility index (Phi) is 5.53. The lowest BCUT2D eigenvalue weighted by atomic mass is 9.88. The molecule has 2 rings (SSSR count). The van der Waals surface area contributed by atoms with Crippen LogP contribution in [0.4, 0.5) is 5.69 Å². The summed E-state index contributed by atoms with van der Waals surface area (Å²) in [5.74, 6) is 0.408. The molecule has 0 radical (unpaired) electrons. The molecule has 1 aromatic carbocycles. The number of ether oxygens (including phenoxy) is 1. The Balaban J connectivity index is 0.00000162. The van der Waals surface area contributed by atoms with Crippen LogP contribution in [-0.2, 0) is 4.74 Å². The molecule has 6 heteroatoms. The van der Waals surface area contributed by atoms with Crippen LogP contribution in [0.5, 0.6) is 0 Å². The molecule has 0 spiro atoms. The fourth-order valence-corrected chi connectivity index (χ4v) is 2.17.